The van der Waals surface area contributed by atoms with Crippen LogP contribution in [0.25, 0.3) is 10.9 Å². The minimum Gasteiger partial charge on any atom is -0.508 e. The second kappa shape index (κ2) is 6.88. The molecule has 0 spiro atoms. The highest BCUT2D eigenvalue weighted by atomic mass is 79.9. The van der Waals surface area contributed by atoms with Gasteiger partial charge in [0.1, 0.15) is 5.75 Å². The summed E-state index contributed by atoms with van der Waals surface area (Å²) in [6.45, 7) is 2.39. The number of halogens is 1. The molecule has 6 rings (SSSR count). The first-order valence-corrected chi connectivity index (χ1v) is 11.8. The van der Waals surface area contributed by atoms with Gasteiger partial charge in [-0.15, -0.1) is 0 Å². The Balaban J connectivity index is 1.43. The second-order valence-electron chi connectivity index (χ2n) is 9.34. The molecule has 3 unspecified atom stereocenters. The van der Waals surface area contributed by atoms with Crippen molar-refractivity contribution in [3.8, 4) is 5.75 Å². The zero-order valence-corrected chi connectivity index (χ0v) is 18.2. The number of benzene rings is 2. The number of rotatable bonds is 3. The summed E-state index contributed by atoms with van der Waals surface area (Å²) < 4.78 is 1.20. The number of phenols is 1. The van der Waals surface area contributed by atoms with E-state index in [1.165, 1.54) is 64.5 Å². The lowest BCUT2D eigenvalue weighted by Crippen LogP contribution is -2.47. The number of phenolic OH excluding ortho intramolecular Hbond substituents is 1. The maximum absolute atomic E-state index is 10.2. The third kappa shape index (κ3) is 3.12. The quantitative estimate of drug-likeness (QED) is 0.527. The third-order valence-corrected chi connectivity index (χ3v) is 8.13. The smallest absolute Gasteiger partial charge is 0.115 e. The van der Waals surface area contributed by atoms with Gasteiger partial charge in [0.2, 0.25) is 0 Å². The number of likely N-dealkylation sites (tertiary alicyclic amines) is 1. The lowest BCUT2D eigenvalue weighted by atomic mass is 9.68. The van der Waals surface area contributed by atoms with Gasteiger partial charge in [-0.1, -0.05) is 34.1 Å². The molecule has 0 radical (unpaired) electrons. The molecule has 3 aliphatic rings. The van der Waals surface area contributed by atoms with Crippen LogP contribution in [0.2, 0.25) is 0 Å². The van der Waals surface area contributed by atoms with Crippen LogP contribution in [0.1, 0.15) is 42.1 Å². The molecule has 3 aromatic rings. The number of aromatic hydroxyl groups is 1. The van der Waals surface area contributed by atoms with Crippen molar-refractivity contribution >= 4 is 26.8 Å². The Morgan fingerprint density at radius 2 is 1.93 bits per heavy atom. The van der Waals surface area contributed by atoms with Gasteiger partial charge in [0, 0.05) is 33.7 Å². The average Bonchev–Trinajstić information content (AvgIpc) is 3.44. The maximum Gasteiger partial charge on any atom is 0.115 e. The molecule has 2 N–H and O–H groups in total. The summed E-state index contributed by atoms with van der Waals surface area (Å²) in [5.74, 6) is 2.58. The van der Waals surface area contributed by atoms with E-state index in [4.69, 9.17) is 0 Å². The number of nitrogens with one attached hydrogen (secondary N) is 1. The van der Waals surface area contributed by atoms with Crippen LogP contribution in [0, 0.1) is 17.8 Å². The predicted molar refractivity (Wildman–Crippen MR) is 120 cm³/mol. The molecule has 0 bridgehead atoms. The second-order valence-corrected chi connectivity index (χ2v) is 10.2. The first kappa shape index (κ1) is 18.0. The summed E-state index contributed by atoms with van der Waals surface area (Å²) in [7, 11) is 0. The van der Waals surface area contributed by atoms with Crippen molar-refractivity contribution in [2.24, 2.45) is 17.8 Å². The molecule has 2 fully saturated rings. The minimum absolute atomic E-state index is 0.391. The number of fused-ring (bicyclic) bond motifs is 4. The predicted octanol–water partition coefficient (Wildman–Crippen LogP) is 5.82. The molecule has 3 nitrogen and oxygen atoms in total. The van der Waals surface area contributed by atoms with E-state index in [0.29, 0.717) is 23.6 Å². The SMILES string of the molecule is Oc1cccc(C2C3Cc4c([nH]c5cccc(Br)c45)CC3CCN2CC2CC2)c1. The van der Waals surface area contributed by atoms with E-state index < -0.39 is 0 Å². The van der Waals surface area contributed by atoms with Crippen molar-refractivity contribution in [1.82, 2.24) is 9.88 Å². The molecular weight excluding hydrogens is 424 g/mol. The molecule has 0 amide bonds. The monoisotopic (exact) mass is 450 g/mol. The number of piperidine rings is 1. The molecular formula is C25H27BrN2O. The fourth-order valence-corrected chi connectivity index (χ4v) is 6.58. The molecule has 1 aromatic heterocycles. The highest BCUT2D eigenvalue weighted by molar-refractivity contribution is 9.10. The van der Waals surface area contributed by atoms with Crippen molar-refractivity contribution in [3.63, 3.8) is 0 Å². The molecule has 2 aromatic carbocycles. The minimum atomic E-state index is 0.391. The largest absolute Gasteiger partial charge is 0.508 e. The highest BCUT2D eigenvalue weighted by Gasteiger charge is 2.43. The fourth-order valence-electron chi connectivity index (χ4n) is 5.97. The lowest BCUT2D eigenvalue weighted by molar-refractivity contribution is 0.0377. The van der Waals surface area contributed by atoms with Crippen molar-refractivity contribution < 1.29 is 5.11 Å². The van der Waals surface area contributed by atoms with Gasteiger partial charge >= 0.3 is 0 Å². The Kier molecular flexibility index (Phi) is 4.28. The Bertz CT molecular complexity index is 1070. The maximum atomic E-state index is 10.2. The van der Waals surface area contributed by atoms with Crippen LogP contribution in [0.4, 0.5) is 0 Å². The summed E-state index contributed by atoms with van der Waals surface area (Å²) >= 11 is 3.80. The topological polar surface area (TPSA) is 39.3 Å². The van der Waals surface area contributed by atoms with Crippen LogP contribution in [-0.2, 0) is 12.8 Å². The summed E-state index contributed by atoms with van der Waals surface area (Å²) in [5.41, 5.74) is 5.50. The standard InChI is InChI=1S/C25H27BrN2O/c26-21-5-2-6-22-24(21)20-13-19-16(12-23(20)27-22)9-10-28(14-15-7-8-15)25(19)17-3-1-4-18(29)11-17/h1-6,11,15-16,19,25,27,29H,7-10,12-14H2. The van der Waals surface area contributed by atoms with Crippen LogP contribution in [-0.4, -0.2) is 28.1 Å². The molecule has 2 aliphatic carbocycles. The van der Waals surface area contributed by atoms with Crippen LogP contribution in [0.5, 0.6) is 5.75 Å². The van der Waals surface area contributed by atoms with Crippen molar-refractivity contribution in [2.45, 2.75) is 38.1 Å². The van der Waals surface area contributed by atoms with Gasteiger partial charge in [-0.25, -0.2) is 0 Å². The van der Waals surface area contributed by atoms with Crippen molar-refractivity contribution in [2.75, 3.05) is 13.1 Å². The summed E-state index contributed by atoms with van der Waals surface area (Å²) in [6.07, 6.45) is 6.31. The first-order valence-electron chi connectivity index (χ1n) is 11.0. The third-order valence-electron chi connectivity index (χ3n) is 7.46. The Morgan fingerprint density at radius 3 is 2.76 bits per heavy atom. The summed E-state index contributed by atoms with van der Waals surface area (Å²) in [5, 5.41) is 11.6. The van der Waals surface area contributed by atoms with E-state index in [0.717, 1.165) is 18.8 Å². The van der Waals surface area contributed by atoms with Crippen molar-refractivity contribution in [1.29, 1.82) is 0 Å². The highest BCUT2D eigenvalue weighted by Crippen LogP contribution is 2.49. The van der Waals surface area contributed by atoms with Gasteiger partial charge in [0.25, 0.3) is 0 Å². The Morgan fingerprint density at radius 1 is 1.07 bits per heavy atom. The van der Waals surface area contributed by atoms with Crippen LogP contribution in [0.3, 0.4) is 0 Å². The molecule has 3 atom stereocenters. The Hall–Kier alpha value is -1.78. The number of hydrogen-bond donors (Lipinski definition) is 2. The zero-order valence-electron chi connectivity index (χ0n) is 16.6. The van der Waals surface area contributed by atoms with Gasteiger partial charge < -0.3 is 10.1 Å². The first-order chi connectivity index (χ1) is 14.2. The molecule has 1 aliphatic heterocycles. The molecule has 1 saturated carbocycles. The van der Waals surface area contributed by atoms with E-state index in [1.807, 2.05) is 12.1 Å². The van der Waals surface area contributed by atoms with Crippen molar-refractivity contribution in [3.05, 3.63) is 63.8 Å². The van der Waals surface area contributed by atoms with Gasteiger partial charge in [-0.3, -0.25) is 4.90 Å². The van der Waals surface area contributed by atoms with Crippen LogP contribution < -0.4 is 0 Å². The number of aromatic amines is 1. The number of H-pyrrole nitrogens is 1. The van der Waals surface area contributed by atoms with Crippen LogP contribution >= 0.6 is 15.9 Å². The van der Waals surface area contributed by atoms with E-state index >= 15 is 0 Å². The van der Waals surface area contributed by atoms with E-state index in [-0.39, 0.29) is 0 Å². The van der Waals surface area contributed by atoms with E-state index in [2.05, 4.69) is 50.1 Å². The fraction of sp³-hybridized carbons (Fsp3) is 0.440. The molecule has 4 heteroatoms. The van der Waals surface area contributed by atoms with Gasteiger partial charge in [-0.05, 0) is 91.8 Å². The normalized spacial score (nSPS) is 27.0. The van der Waals surface area contributed by atoms with Crippen LogP contribution in [0.15, 0.2) is 46.9 Å². The van der Waals surface area contributed by atoms with Gasteiger partial charge in [-0.2, -0.15) is 0 Å². The lowest BCUT2D eigenvalue weighted by Gasteiger charge is -2.48. The Labute approximate surface area is 180 Å². The molecule has 150 valence electrons. The number of hydrogen-bond acceptors (Lipinski definition) is 2. The van der Waals surface area contributed by atoms with Gasteiger partial charge in [0.05, 0.1) is 0 Å². The van der Waals surface area contributed by atoms with E-state index in [9.17, 15) is 5.11 Å². The molecule has 29 heavy (non-hydrogen) atoms. The number of nitrogens with zero attached hydrogens (tertiary/aromatic N) is 1. The zero-order chi connectivity index (χ0) is 19.5. The average molecular weight is 451 g/mol. The van der Waals surface area contributed by atoms with Gasteiger partial charge in [0.15, 0.2) is 0 Å². The van der Waals surface area contributed by atoms with E-state index in [1.54, 1.807) is 6.07 Å². The molecule has 2 heterocycles. The summed E-state index contributed by atoms with van der Waals surface area (Å²) in [4.78, 5) is 6.46. The summed E-state index contributed by atoms with van der Waals surface area (Å²) in [6, 6.07) is 14.9. The molecule has 1 saturated heterocycles. The number of aromatic nitrogens is 1.